The molecule has 2 heterocycles. The highest BCUT2D eigenvalue weighted by Crippen LogP contribution is 2.41. The molecule has 1 unspecified atom stereocenters. The lowest BCUT2D eigenvalue weighted by Gasteiger charge is -2.22. The van der Waals surface area contributed by atoms with Crippen LogP contribution >= 0.6 is 0 Å². The van der Waals surface area contributed by atoms with Crippen LogP contribution < -0.4 is 10.6 Å². The Bertz CT molecular complexity index is 759. The number of rotatable bonds is 8. The molecular formula is C21H28N4O. The summed E-state index contributed by atoms with van der Waals surface area (Å²) in [6.07, 6.45) is 10.4. The van der Waals surface area contributed by atoms with Crippen LogP contribution in [0.15, 0.2) is 53.6 Å². The lowest BCUT2D eigenvalue weighted by molar-refractivity contribution is 0.251. The second kappa shape index (κ2) is 8.32. The second-order valence-electron chi connectivity index (χ2n) is 6.73. The summed E-state index contributed by atoms with van der Waals surface area (Å²) in [5.74, 6) is 1.33. The fourth-order valence-corrected chi connectivity index (χ4v) is 3.22. The molecule has 0 saturated heterocycles. The number of aliphatic imine (C=N–C) groups is 1. The number of nitrogens with zero attached hydrogens (tertiary/aromatic N) is 2. The van der Waals surface area contributed by atoms with Crippen LogP contribution in [-0.4, -0.2) is 30.4 Å². The summed E-state index contributed by atoms with van der Waals surface area (Å²) in [5, 5.41) is 6.66. The molecule has 0 spiro atoms. The van der Waals surface area contributed by atoms with Gasteiger partial charge >= 0.3 is 0 Å². The lowest BCUT2D eigenvalue weighted by atomic mass is 9.99. The number of likely N-dealkylation sites (N-methyl/N-ethyl adjacent to an activating group) is 1. The van der Waals surface area contributed by atoms with Crippen LogP contribution in [0.25, 0.3) is 0 Å². The number of hydrogen-bond donors (Lipinski definition) is 2. The van der Waals surface area contributed by atoms with Gasteiger partial charge < -0.3 is 15.4 Å². The Morgan fingerprint density at radius 3 is 2.88 bits per heavy atom. The molecule has 0 bridgehead atoms. The zero-order chi connectivity index (χ0) is 18.5. The van der Waals surface area contributed by atoms with Gasteiger partial charge in [0.1, 0.15) is 11.5 Å². The van der Waals surface area contributed by atoms with Crippen molar-refractivity contribution in [3.63, 3.8) is 0 Å². The minimum absolute atomic E-state index is 0.0687. The Labute approximate surface area is 156 Å². The van der Waals surface area contributed by atoms with Crippen LogP contribution in [0.3, 0.4) is 0 Å². The minimum atomic E-state index is 0.0687. The summed E-state index contributed by atoms with van der Waals surface area (Å²) >= 11 is 0. The third kappa shape index (κ3) is 4.22. The van der Waals surface area contributed by atoms with Crippen LogP contribution in [0.2, 0.25) is 0 Å². The average molecular weight is 352 g/mol. The number of pyridine rings is 1. The molecule has 1 saturated carbocycles. The Morgan fingerprint density at radius 1 is 1.42 bits per heavy atom. The van der Waals surface area contributed by atoms with Gasteiger partial charge in [-0.3, -0.25) is 9.98 Å². The van der Waals surface area contributed by atoms with Crippen LogP contribution in [0.5, 0.6) is 0 Å². The van der Waals surface area contributed by atoms with Crippen molar-refractivity contribution in [2.24, 2.45) is 4.99 Å². The van der Waals surface area contributed by atoms with Crippen molar-refractivity contribution in [2.75, 3.05) is 13.7 Å². The van der Waals surface area contributed by atoms with Crippen molar-refractivity contribution in [2.45, 2.75) is 45.2 Å². The highest BCUT2D eigenvalue weighted by molar-refractivity contribution is 6.12. The molecule has 1 fully saturated rings. The van der Waals surface area contributed by atoms with Crippen molar-refractivity contribution in [1.29, 1.82) is 0 Å². The number of ether oxygens (including phenoxy) is 1. The van der Waals surface area contributed by atoms with E-state index in [0.717, 1.165) is 22.9 Å². The lowest BCUT2D eigenvalue weighted by Crippen LogP contribution is -2.33. The Morgan fingerprint density at radius 2 is 2.23 bits per heavy atom. The fourth-order valence-electron chi connectivity index (χ4n) is 3.22. The largest absolute Gasteiger partial charge is 0.492 e. The minimum Gasteiger partial charge on any atom is -0.492 e. The average Bonchev–Trinajstić information content (AvgIpc) is 3.47. The molecule has 0 radical (unpaired) electrons. The van der Waals surface area contributed by atoms with Gasteiger partial charge in [0.05, 0.1) is 24.9 Å². The molecule has 1 aromatic rings. The monoisotopic (exact) mass is 352 g/mol. The third-order valence-electron chi connectivity index (χ3n) is 4.75. The predicted octanol–water partition coefficient (Wildman–Crippen LogP) is 3.35. The fraction of sp³-hybridized carbons (Fsp3) is 0.429. The summed E-state index contributed by atoms with van der Waals surface area (Å²) in [6.45, 7) is 9.37. The van der Waals surface area contributed by atoms with Gasteiger partial charge in [0.25, 0.3) is 0 Å². The van der Waals surface area contributed by atoms with E-state index in [-0.39, 0.29) is 6.04 Å². The number of hydrogen-bond acceptors (Lipinski definition) is 5. The van der Waals surface area contributed by atoms with Crippen molar-refractivity contribution >= 4 is 5.71 Å². The molecule has 5 nitrogen and oxygen atoms in total. The Kier molecular flexibility index (Phi) is 5.89. The van der Waals surface area contributed by atoms with E-state index in [4.69, 9.17) is 4.74 Å². The topological polar surface area (TPSA) is 58.5 Å². The van der Waals surface area contributed by atoms with E-state index < -0.39 is 0 Å². The van der Waals surface area contributed by atoms with Crippen LogP contribution in [-0.2, 0) is 11.3 Å². The molecule has 1 aliphatic heterocycles. The first-order valence-corrected chi connectivity index (χ1v) is 9.27. The highest BCUT2D eigenvalue weighted by Gasteiger charge is 2.25. The molecular weight excluding hydrogens is 324 g/mol. The Hall–Kier alpha value is -2.40. The van der Waals surface area contributed by atoms with E-state index in [1.807, 2.05) is 32.4 Å². The molecule has 3 rings (SSSR count). The maximum Gasteiger partial charge on any atom is 0.138 e. The van der Waals surface area contributed by atoms with Crippen molar-refractivity contribution < 1.29 is 4.74 Å². The first-order chi connectivity index (χ1) is 12.6. The van der Waals surface area contributed by atoms with E-state index in [9.17, 15) is 0 Å². The van der Waals surface area contributed by atoms with Crippen molar-refractivity contribution in [3.05, 3.63) is 65.5 Å². The number of nitrogens with one attached hydrogen (secondary N) is 2. The molecule has 0 amide bonds. The standard InChI is InChI=1S/C21H28N4O/c1-5-26-15(3)21-19(20(22-4)8-9-24-21)12-23-11-17-10-14(2)18(13-25-17)16-6-7-16/h8-10,12-13,16,20,22-23H,3,5-7,11H2,1-2,4H3/b19-12+. The van der Waals surface area contributed by atoms with Crippen LogP contribution in [0, 0.1) is 6.92 Å². The maximum absolute atomic E-state index is 5.56. The van der Waals surface area contributed by atoms with E-state index in [1.165, 1.54) is 24.0 Å². The van der Waals surface area contributed by atoms with E-state index >= 15 is 0 Å². The molecule has 1 aliphatic carbocycles. The normalized spacial score (nSPS) is 20.8. The summed E-state index contributed by atoms with van der Waals surface area (Å²) in [4.78, 5) is 9.07. The van der Waals surface area contributed by atoms with Gasteiger partial charge in [0.15, 0.2) is 0 Å². The van der Waals surface area contributed by atoms with Gasteiger partial charge in [-0.1, -0.05) is 6.58 Å². The summed E-state index contributed by atoms with van der Waals surface area (Å²) in [6, 6.07) is 2.25. The van der Waals surface area contributed by atoms with Gasteiger partial charge in [0.2, 0.25) is 0 Å². The zero-order valence-corrected chi connectivity index (χ0v) is 15.9. The number of aryl methyl sites for hydroxylation is 1. The number of aromatic nitrogens is 1. The maximum atomic E-state index is 5.56. The molecule has 1 aromatic heterocycles. The smallest absolute Gasteiger partial charge is 0.138 e. The van der Waals surface area contributed by atoms with E-state index in [0.29, 0.717) is 18.9 Å². The molecule has 1 atom stereocenters. The first-order valence-electron chi connectivity index (χ1n) is 9.27. The third-order valence-corrected chi connectivity index (χ3v) is 4.75. The number of allylic oxidation sites excluding steroid dienone is 1. The highest BCUT2D eigenvalue weighted by atomic mass is 16.5. The summed E-state index contributed by atoms with van der Waals surface area (Å²) in [5.41, 5.74) is 5.57. The van der Waals surface area contributed by atoms with Gasteiger partial charge in [-0.2, -0.15) is 0 Å². The second-order valence-corrected chi connectivity index (χ2v) is 6.73. The molecule has 5 heteroatoms. The Balaban J connectivity index is 1.70. The molecule has 0 aromatic carbocycles. The van der Waals surface area contributed by atoms with Crippen LogP contribution in [0.4, 0.5) is 0 Å². The zero-order valence-electron chi connectivity index (χ0n) is 15.9. The van der Waals surface area contributed by atoms with Crippen molar-refractivity contribution in [1.82, 2.24) is 15.6 Å². The molecule has 138 valence electrons. The van der Waals surface area contributed by atoms with Crippen LogP contribution in [0.1, 0.15) is 42.5 Å². The van der Waals surface area contributed by atoms with E-state index in [1.54, 1.807) is 6.20 Å². The molecule has 2 aliphatic rings. The summed E-state index contributed by atoms with van der Waals surface area (Å²) in [7, 11) is 1.93. The van der Waals surface area contributed by atoms with Gasteiger partial charge in [-0.15, -0.1) is 0 Å². The first kappa shape index (κ1) is 18.4. The summed E-state index contributed by atoms with van der Waals surface area (Å²) < 4.78 is 5.56. The van der Waals surface area contributed by atoms with Gasteiger partial charge in [-0.05, 0) is 62.9 Å². The van der Waals surface area contributed by atoms with E-state index in [2.05, 4.69) is 40.2 Å². The SMILES string of the molecule is C=C(OCC)C1=NC=CC(NC)/C1=C\NCc1cc(C)c(C2CC2)cn1. The van der Waals surface area contributed by atoms with Gasteiger partial charge in [0, 0.05) is 24.2 Å². The predicted molar refractivity (Wildman–Crippen MR) is 106 cm³/mol. The molecule has 26 heavy (non-hydrogen) atoms. The van der Waals surface area contributed by atoms with Crippen molar-refractivity contribution in [3.8, 4) is 0 Å². The van der Waals surface area contributed by atoms with Gasteiger partial charge in [-0.25, -0.2) is 0 Å². The quantitative estimate of drug-likeness (QED) is 0.705. The molecule has 2 N–H and O–H groups in total.